The van der Waals surface area contributed by atoms with Gasteiger partial charge in [0.1, 0.15) is 12.2 Å². The highest BCUT2D eigenvalue weighted by atomic mass is 16.6. The molecule has 2 amide bonds. The highest BCUT2D eigenvalue weighted by molar-refractivity contribution is 5.71. The van der Waals surface area contributed by atoms with Gasteiger partial charge in [-0.2, -0.15) is 0 Å². The zero-order valence-corrected chi connectivity index (χ0v) is 15.7. The minimum absolute atomic E-state index is 0.0873. The largest absolute Gasteiger partial charge is 0.445 e. The van der Waals surface area contributed by atoms with Gasteiger partial charge in [-0.05, 0) is 39.2 Å². The fourth-order valence-electron chi connectivity index (χ4n) is 2.80. The van der Waals surface area contributed by atoms with Crippen LogP contribution in [0.25, 0.3) is 0 Å². The molecule has 1 aliphatic heterocycles. The van der Waals surface area contributed by atoms with E-state index < -0.39 is 17.2 Å². The van der Waals surface area contributed by atoms with Crippen LogP contribution in [0.15, 0.2) is 30.3 Å². The monoisotopic (exact) mass is 348 g/mol. The zero-order valence-electron chi connectivity index (χ0n) is 15.7. The molecule has 6 nitrogen and oxygen atoms in total. The Kier molecular flexibility index (Phi) is 5.60. The Morgan fingerprint density at radius 3 is 2.52 bits per heavy atom. The van der Waals surface area contributed by atoms with E-state index in [1.807, 2.05) is 65.0 Å². The maximum Gasteiger partial charge on any atom is 0.410 e. The average Bonchev–Trinajstić information content (AvgIpc) is 2.79. The highest BCUT2D eigenvalue weighted by Crippen LogP contribution is 2.28. The van der Waals surface area contributed by atoms with Gasteiger partial charge in [-0.15, -0.1) is 0 Å². The first-order valence-corrected chi connectivity index (χ1v) is 8.56. The van der Waals surface area contributed by atoms with Crippen molar-refractivity contribution >= 4 is 12.2 Å². The Bertz CT molecular complexity index is 612. The minimum Gasteiger partial charge on any atom is -0.445 e. The molecule has 2 atom stereocenters. The van der Waals surface area contributed by atoms with Crippen molar-refractivity contribution in [2.24, 2.45) is 5.92 Å². The van der Waals surface area contributed by atoms with Gasteiger partial charge >= 0.3 is 12.2 Å². The molecule has 0 spiro atoms. The van der Waals surface area contributed by atoms with Crippen molar-refractivity contribution in [3.63, 3.8) is 0 Å². The van der Waals surface area contributed by atoms with E-state index in [1.165, 1.54) is 0 Å². The summed E-state index contributed by atoms with van der Waals surface area (Å²) in [5.41, 5.74) is -0.164. The Labute approximate surface area is 149 Å². The summed E-state index contributed by atoms with van der Waals surface area (Å²) in [6, 6.07) is 9.55. The summed E-state index contributed by atoms with van der Waals surface area (Å²) in [6.07, 6.45) is -0.841. The molecule has 1 aromatic carbocycles. The molecule has 0 bridgehead atoms. The van der Waals surface area contributed by atoms with Crippen LogP contribution < -0.4 is 5.32 Å². The topological polar surface area (TPSA) is 67.9 Å². The van der Waals surface area contributed by atoms with E-state index >= 15 is 0 Å². The van der Waals surface area contributed by atoms with Crippen molar-refractivity contribution in [2.45, 2.75) is 52.4 Å². The molecule has 6 heteroatoms. The van der Waals surface area contributed by atoms with Crippen LogP contribution in [0.3, 0.4) is 0 Å². The van der Waals surface area contributed by atoms with Gasteiger partial charge in [0.2, 0.25) is 0 Å². The normalized spacial score (nSPS) is 23.2. The van der Waals surface area contributed by atoms with Gasteiger partial charge in [-0.1, -0.05) is 37.3 Å². The second-order valence-electron chi connectivity index (χ2n) is 7.87. The minimum atomic E-state index is -0.559. The molecule has 1 fully saturated rings. The van der Waals surface area contributed by atoms with Crippen LogP contribution in [0.5, 0.6) is 0 Å². The smallest absolute Gasteiger partial charge is 0.410 e. The first-order chi connectivity index (χ1) is 11.6. The van der Waals surface area contributed by atoms with Crippen molar-refractivity contribution in [3.05, 3.63) is 35.9 Å². The van der Waals surface area contributed by atoms with E-state index in [9.17, 15) is 9.59 Å². The lowest BCUT2D eigenvalue weighted by Gasteiger charge is -2.31. The third-order valence-electron chi connectivity index (χ3n) is 4.35. The van der Waals surface area contributed by atoms with Crippen LogP contribution in [0.2, 0.25) is 0 Å². The molecule has 0 radical (unpaired) electrons. The van der Waals surface area contributed by atoms with Crippen LogP contribution in [-0.4, -0.2) is 41.3 Å². The number of rotatable bonds is 3. The molecule has 1 aromatic rings. The maximum absolute atomic E-state index is 12.3. The van der Waals surface area contributed by atoms with Crippen LogP contribution >= 0.6 is 0 Å². The zero-order chi connectivity index (χ0) is 18.7. The molecule has 1 saturated heterocycles. The summed E-state index contributed by atoms with van der Waals surface area (Å²) < 4.78 is 10.7. The molecule has 0 aromatic heterocycles. The third kappa shape index (κ3) is 5.37. The lowest BCUT2D eigenvalue weighted by atomic mass is 9.91. The molecular weight excluding hydrogens is 320 g/mol. The lowest BCUT2D eigenvalue weighted by molar-refractivity contribution is 0.0445. The molecular formula is C19H28N2O4. The summed E-state index contributed by atoms with van der Waals surface area (Å²) in [4.78, 5) is 26.0. The lowest BCUT2D eigenvalue weighted by Crippen LogP contribution is -2.52. The van der Waals surface area contributed by atoms with Crippen molar-refractivity contribution in [1.29, 1.82) is 0 Å². The van der Waals surface area contributed by atoms with Crippen LogP contribution in [0.1, 0.15) is 40.2 Å². The predicted octanol–water partition coefficient (Wildman–Crippen LogP) is 3.56. The number of carbonyl (C=O) groups is 2. The summed E-state index contributed by atoms with van der Waals surface area (Å²) in [7, 11) is 0. The summed E-state index contributed by atoms with van der Waals surface area (Å²) >= 11 is 0. The van der Waals surface area contributed by atoms with Crippen molar-refractivity contribution in [2.75, 3.05) is 13.1 Å². The molecule has 0 aliphatic carbocycles. The van der Waals surface area contributed by atoms with E-state index in [1.54, 1.807) is 4.90 Å². The molecule has 0 saturated carbocycles. The summed E-state index contributed by atoms with van der Waals surface area (Å²) in [6.45, 7) is 10.5. The standard InChI is InChI=1S/C19H28N2O4/c1-14-11-21(17(23)24-12-15-9-7-6-8-10-15)13-19(14,5)20-16(22)25-18(2,3)4/h6-10,14H,11-13H2,1-5H3,(H,20,22)/t14-,19+/m1/s1. The van der Waals surface area contributed by atoms with Gasteiger partial charge < -0.3 is 19.7 Å². The number of carbonyl (C=O) groups excluding carboxylic acids is 2. The van der Waals surface area contributed by atoms with E-state index in [0.29, 0.717) is 13.1 Å². The SMILES string of the molecule is C[C@@H]1CN(C(=O)OCc2ccccc2)C[C@]1(C)NC(=O)OC(C)(C)C. The van der Waals surface area contributed by atoms with Gasteiger partial charge in [0.15, 0.2) is 0 Å². The first-order valence-electron chi connectivity index (χ1n) is 8.56. The van der Waals surface area contributed by atoms with Gasteiger partial charge in [0.25, 0.3) is 0 Å². The summed E-state index contributed by atoms with van der Waals surface area (Å²) in [5, 5.41) is 2.91. The van der Waals surface area contributed by atoms with Crippen LogP contribution in [0.4, 0.5) is 9.59 Å². The number of benzene rings is 1. The molecule has 0 unspecified atom stereocenters. The number of amides is 2. The van der Waals surface area contributed by atoms with Gasteiger partial charge in [0.05, 0.1) is 5.54 Å². The fourth-order valence-corrected chi connectivity index (χ4v) is 2.80. The summed E-state index contributed by atoms with van der Waals surface area (Å²) in [5.74, 6) is 0.0873. The van der Waals surface area contributed by atoms with Gasteiger partial charge in [-0.3, -0.25) is 0 Å². The maximum atomic E-state index is 12.3. The molecule has 138 valence electrons. The van der Waals surface area contributed by atoms with Crippen LogP contribution in [-0.2, 0) is 16.1 Å². The van der Waals surface area contributed by atoms with Crippen molar-refractivity contribution < 1.29 is 19.1 Å². The Morgan fingerprint density at radius 1 is 1.28 bits per heavy atom. The quantitative estimate of drug-likeness (QED) is 0.907. The van der Waals surface area contributed by atoms with Gasteiger partial charge in [-0.25, -0.2) is 9.59 Å². The molecule has 2 rings (SSSR count). The van der Waals surface area contributed by atoms with Crippen molar-refractivity contribution in [1.82, 2.24) is 10.2 Å². The average molecular weight is 348 g/mol. The van der Waals surface area contributed by atoms with E-state index in [4.69, 9.17) is 9.47 Å². The number of likely N-dealkylation sites (tertiary alicyclic amines) is 1. The van der Waals surface area contributed by atoms with E-state index in [0.717, 1.165) is 5.56 Å². The predicted molar refractivity (Wildman–Crippen MR) is 95.1 cm³/mol. The second kappa shape index (κ2) is 7.33. The molecule has 25 heavy (non-hydrogen) atoms. The Morgan fingerprint density at radius 2 is 1.92 bits per heavy atom. The second-order valence-corrected chi connectivity index (χ2v) is 7.87. The number of nitrogens with zero attached hydrogens (tertiary/aromatic N) is 1. The Hall–Kier alpha value is -2.24. The Balaban J connectivity index is 1.90. The number of ether oxygens (including phenoxy) is 2. The molecule has 1 aliphatic rings. The third-order valence-corrected chi connectivity index (χ3v) is 4.35. The molecule has 1 N–H and O–H groups in total. The van der Waals surface area contributed by atoms with Crippen molar-refractivity contribution in [3.8, 4) is 0 Å². The fraction of sp³-hybridized carbons (Fsp3) is 0.579. The highest BCUT2D eigenvalue weighted by Gasteiger charge is 2.44. The number of hydrogen-bond acceptors (Lipinski definition) is 4. The van der Waals surface area contributed by atoms with E-state index in [-0.39, 0.29) is 18.6 Å². The van der Waals surface area contributed by atoms with Gasteiger partial charge in [0, 0.05) is 13.1 Å². The first kappa shape index (κ1) is 19.1. The number of nitrogens with one attached hydrogen (secondary N) is 1. The molecule has 1 heterocycles. The number of hydrogen-bond donors (Lipinski definition) is 1. The van der Waals surface area contributed by atoms with Crippen LogP contribution in [0, 0.1) is 5.92 Å². The van der Waals surface area contributed by atoms with E-state index in [2.05, 4.69) is 5.32 Å². The number of alkyl carbamates (subject to hydrolysis) is 1.